The topological polar surface area (TPSA) is 68.3 Å². The van der Waals surface area contributed by atoms with E-state index in [9.17, 15) is 19.2 Å². The van der Waals surface area contributed by atoms with Crippen LogP contribution in [-0.4, -0.2) is 23.6 Å². The Bertz CT molecular complexity index is 1150. The fourth-order valence-corrected chi connectivity index (χ4v) is 11.6. The van der Waals surface area contributed by atoms with Gasteiger partial charge in [-0.3, -0.25) is 14.4 Å². The molecule has 0 radical (unpaired) electrons. The number of rotatable bonds is 63. The van der Waals surface area contributed by atoms with Crippen LogP contribution in [0.5, 0.6) is 0 Å². The van der Waals surface area contributed by atoms with Crippen LogP contribution < -0.4 is 0 Å². The first-order chi connectivity index (χ1) is 35.5. The van der Waals surface area contributed by atoms with Crippen LogP contribution in [0.4, 0.5) is 0 Å². The Labute approximate surface area is 452 Å². The summed E-state index contributed by atoms with van der Waals surface area (Å²) in [5, 5.41) is 0. The third kappa shape index (κ3) is 42.9. The summed E-state index contributed by atoms with van der Waals surface area (Å²) in [5.74, 6) is -1.29. The fraction of sp³-hybridized carbons (Fsp3) is 0.941. The maximum atomic E-state index is 14.7. The quantitative estimate of drug-likeness (QED) is 0.0346. The normalized spacial score (nSPS) is 12.9. The lowest BCUT2D eigenvalue weighted by molar-refractivity contribution is -0.153. The summed E-state index contributed by atoms with van der Waals surface area (Å²) in [7, 11) is 0. The van der Waals surface area contributed by atoms with E-state index in [2.05, 4.69) is 27.7 Å². The number of aldehydes is 1. The summed E-state index contributed by atoms with van der Waals surface area (Å²) in [6.45, 7) is 9.11. The molecular formula is C68H130O4. The van der Waals surface area contributed by atoms with E-state index < -0.39 is 11.3 Å². The van der Waals surface area contributed by atoms with Gasteiger partial charge in [0.15, 0.2) is 17.0 Å². The fourth-order valence-electron chi connectivity index (χ4n) is 11.6. The Kier molecular flexibility index (Phi) is 56.3. The van der Waals surface area contributed by atoms with Crippen LogP contribution in [0.25, 0.3) is 0 Å². The summed E-state index contributed by atoms with van der Waals surface area (Å²) in [5.41, 5.74) is -1.81. The molecule has 2 unspecified atom stereocenters. The molecule has 0 saturated heterocycles. The monoisotopic (exact) mass is 1010 g/mol. The van der Waals surface area contributed by atoms with E-state index in [-0.39, 0.29) is 30.2 Å². The lowest BCUT2D eigenvalue weighted by atomic mass is 9.64. The number of carbonyl (C=O) groups excluding carboxylic acids is 4. The molecule has 426 valence electrons. The second kappa shape index (κ2) is 57.4. The van der Waals surface area contributed by atoms with Gasteiger partial charge in [-0.25, -0.2) is 0 Å². The van der Waals surface area contributed by atoms with Gasteiger partial charge in [0, 0.05) is 25.2 Å². The second-order valence-electron chi connectivity index (χ2n) is 23.6. The Morgan fingerprint density at radius 1 is 0.264 bits per heavy atom. The van der Waals surface area contributed by atoms with Crippen molar-refractivity contribution in [1.29, 1.82) is 0 Å². The average Bonchev–Trinajstić information content (AvgIpc) is 3.38. The van der Waals surface area contributed by atoms with E-state index in [1.54, 1.807) is 0 Å². The number of ketones is 3. The van der Waals surface area contributed by atoms with Crippen molar-refractivity contribution < 1.29 is 19.2 Å². The van der Waals surface area contributed by atoms with Gasteiger partial charge in [0.2, 0.25) is 0 Å². The lowest BCUT2D eigenvalue weighted by Gasteiger charge is -2.33. The maximum absolute atomic E-state index is 14.7. The average molecular weight is 1010 g/mol. The predicted octanol–water partition coefficient (Wildman–Crippen LogP) is 23.2. The number of unbranched alkanes of at least 4 members (excludes halogenated alkanes) is 50. The highest BCUT2D eigenvalue weighted by Gasteiger charge is 2.52. The van der Waals surface area contributed by atoms with Gasteiger partial charge in [0.05, 0.1) is 0 Å². The molecular weight excluding hydrogens is 881 g/mol. The van der Waals surface area contributed by atoms with Crippen molar-refractivity contribution in [3.05, 3.63) is 0 Å². The Hall–Kier alpha value is -1.32. The van der Waals surface area contributed by atoms with E-state index in [0.29, 0.717) is 32.0 Å². The minimum Gasteiger partial charge on any atom is -0.302 e. The molecule has 0 aromatic carbocycles. The maximum Gasteiger partial charge on any atom is 0.154 e. The molecule has 0 rings (SSSR count). The van der Waals surface area contributed by atoms with Crippen molar-refractivity contribution in [3.8, 4) is 0 Å². The first-order valence-electron chi connectivity index (χ1n) is 33.5. The number of hydrogen-bond acceptors (Lipinski definition) is 4. The highest BCUT2D eigenvalue weighted by Crippen LogP contribution is 2.38. The van der Waals surface area contributed by atoms with Gasteiger partial charge in [-0.05, 0) is 25.7 Å². The van der Waals surface area contributed by atoms with E-state index in [0.717, 1.165) is 64.2 Å². The van der Waals surface area contributed by atoms with E-state index in [4.69, 9.17) is 0 Å². The third-order valence-corrected chi connectivity index (χ3v) is 16.7. The number of Topliss-reactive ketones (excluding diaryl/α,β-unsaturated/α-hetero) is 3. The smallest absolute Gasteiger partial charge is 0.154 e. The number of hydrogen-bond donors (Lipinski definition) is 0. The van der Waals surface area contributed by atoms with Crippen molar-refractivity contribution in [2.24, 2.45) is 11.3 Å². The molecule has 0 aliphatic carbocycles. The predicted molar refractivity (Wildman–Crippen MR) is 317 cm³/mol. The molecule has 0 fully saturated rings. The molecule has 4 heteroatoms. The first kappa shape index (κ1) is 70.7. The molecule has 4 nitrogen and oxygen atoms in total. The molecule has 72 heavy (non-hydrogen) atoms. The van der Waals surface area contributed by atoms with E-state index in [1.807, 2.05) is 0 Å². The van der Waals surface area contributed by atoms with E-state index in [1.165, 1.54) is 270 Å². The molecule has 0 aliphatic rings. The van der Waals surface area contributed by atoms with Gasteiger partial charge in [-0.1, -0.05) is 355 Å². The van der Waals surface area contributed by atoms with E-state index >= 15 is 0 Å². The van der Waals surface area contributed by atoms with Gasteiger partial charge in [-0.2, -0.15) is 0 Å². The van der Waals surface area contributed by atoms with Gasteiger partial charge >= 0.3 is 0 Å². The van der Waals surface area contributed by atoms with Crippen molar-refractivity contribution in [2.45, 2.75) is 400 Å². The van der Waals surface area contributed by atoms with Crippen molar-refractivity contribution in [1.82, 2.24) is 0 Å². The van der Waals surface area contributed by atoms with Crippen LogP contribution in [0.15, 0.2) is 0 Å². The lowest BCUT2D eigenvalue weighted by Crippen LogP contribution is -2.50. The molecule has 0 amide bonds. The molecule has 0 spiro atoms. The largest absolute Gasteiger partial charge is 0.302 e. The standard InChI is InChI=1S/C68H130O4/c1-5-9-13-17-21-25-29-32-34-37-40-44-48-52-56-60-65(70)64(59-55-51-47-43-39-28-24-20-16-12-8-4)68(63-69,66(71)61-57-53-49-45-41-36-31-27-23-19-15-11-7-3)67(72)62-58-54-50-46-42-38-35-33-30-26-22-18-14-10-6-2/h63-64H,5-62H2,1-4H3. The van der Waals surface area contributed by atoms with Gasteiger partial charge < -0.3 is 4.79 Å². The second-order valence-corrected chi connectivity index (χ2v) is 23.6. The van der Waals surface area contributed by atoms with Crippen molar-refractivity contribution in [2.75, 3.05) is 0 Å². The van der Waals surface area contributed by atoms with Crippen LogP contribution >= 0.6 is 0 Å². The van der Waals surface area contributed by atoms with Gasteiger partial charge in [0.1, 0.15) is 12.1 Å². The molecule has 0 N–H and O–H groups in total. The highest BCUT2D eigenvalue weighted by atomic mass is 16.2. The summed E-state index contributed by atoms with van der Waals surface area (Å²) >= 11 is 0. The van der Waals surface area contributed by atoms with Crippen molar-refractivity contribution in [3.63, 3.8) is 0 Å². The summed E-state index contributed by atoms with van der Waals surface area (Å²) in [6.07, 6.45) is 69.0. The number of carbonyl (C=O) groups is 4. The Balaban J connectivity index is 5.53. The zero-order valence-electron chi connectivity index (χ0n) is 49.8. The zero-order valence-corrected chi connectivity index (χ0v) is 49.8. The molecule has 0 aliphatic heterocycles. The zero-order chi connectivity index (χ0) is 52.5. The Morgan fingerprint density at radius 3 is 0.653 bits per heavy atom. The van der Waals surface area contributed by atoms with Crippen LogP contribution in [-0.2, 0) is 19.2 Å². The third-order valence-electron chi connectivity index (χ3n) is 16.7. The summed E-state index contributed by atoms with van der Waals surface area (Å²) in [4.78, 5) is 57.5. The first-order valence-corrected chi connectivity index (χ1v) is 33.5. The van der Waals surface area contributed by atoms with Crippen molar-refractivity contribution >= 4 is 23.6 Å². The molecule has 0 heterocycles. The Morgan fingerprint density at radius 2 is 0.444 bits per heavy atom. The highest BCUT2D eigenvalue weighted by molar-refractivity contribution is 6.21. The van der Waals surface area contributed by atoms with Crippen LogP contribution in [0.1, 0.15) is 400 Å². The minimum atomic E-state index is -1.81. The van der Waals surface area contributed by atoms with Crippen LogP contribution in [0.2, 0.25) is 0 Å². The summed E-state index contributed by atoms with van der Waals surface area (Å²) in [6, 6.07) is 0. The molecule has 0 bridgehead atoms. The van der Waals surface area contributed by atoms with Crippen LogP contribution in [0.3, 0.4) is 0 Å². The summed E-state index contributed by atoms with van der Waals surface area (Å²) < 4.78 is 0. The minimum absolute atomic E-state index is 0.00688. The molecule has 2 atom stereocenters. The SMILES string of the molecule is CCCCCCCCCCCCCCCCCC(=O)C(CCCCCCCCCCCCC)C(C=O)(C(=O)CCCCCCCCCCCCCCC)C(=O)CCCCCCCCCCCCCCCCC. The molecule has 0 aromatic heterocycles. The van der Waals surface area contributed by atoms with Gasteiger partial charge in [-0.15, -0.1) is 0 Å². The van der Waals surface area contributed by atoms with Crippen LogP contribution in [0, 0.1) is 11.3 Å². The van der Waals surface area contributed by atoms with Gasteiger partial charge in [0.25, 0.3) is 0 Å². The molecule has 0 saturated carbocycles. The molecule has 0 aromatic rings.